The molecule has 1 aromatic rings. The van der Waals surface area contributed by atoms with E-state index in [1.807, 2.05) is 0 Å². The van der Waals surface area contributed by atoms with Crippen LogP contribution in [0, 0.1) is 5.95 Å². The number of ether oxygens (including phenoxy) is 1. The van der Waals surface area contributed by atoms with Crippen LogP contribution >= 0.6 is 15.9 Å². The maximum atomic E-state index is 12.8. The third kappa shape index (κ3) is 1.79. The largest absolute Gasteiger partial charge is 0.465 e. The van der Waals surface area contributed by atoms with E-state index < -0.39 is 11.9 Å². The molecular formula is C7H5BrFNO2. The summed E-state index contributed by atoms with van der Waals surface area (Å²) in [6.07, 6.45) is 0. The molecule has 64 valence electrons. The van der Waals surface area contributed by atoms with Gasteiger partial charge < -0.3 is 4.74 Å². The quantitative estimate of drug-likeness (QED) is 0.549. The topological polar surface area (TPSA) is 39.2 Å². The predicted molar refractivity (Wildman–Crippen MR) is 43.2 cm³/mol. The lowest BCUT2D eigenvalue weighted by Gasteiger charge is -1.99. The minimum atomic E-state index is -0.837. The van der Waals surface area contributed by atoms with Crippen molar-refractivity contribution in [2.24, 2.45) is 0 Å². The van der Waals surface area contributed by atoms with E-state index in [0.717, 1.165) is 0 Å². The summed E-state index contributed by atoms with van der Waals surface area (Å²) < 4.78 is 17.5. The molecule has 0 bridgehead atoms. The van der Waals surface area contributed by atoms with Crippen LogP contribution in [0.5, 0.6) is 0 Å². The van der Waals surface area contributed by atoms with Crippen molar-refractivity contribution in [1.29, 1.82) is 0 Å². The Labute approximate surface area is 76.7 Å². The summed E-state index contributed by atoms with van der Waals surface area (Å²) in [5.41, 5.74) is -0.166. The first-order valence-corrected chi connectivity index (χ1v) is 3.85. The third-order valence-electron chi connectivity index (χ3n) is 1.22. The van der Waals surface area contributed by atoms with Crippen molar-refractivity contribution < 1.29 is 13.9 Å². The van der Waals surface area contributed by atoms with Gasteiger partial charge in [-0.05, 0) is 28.1 Å². The maximum absolute atomic E-state index is 12.8. The van der Waals surface area contributed by atoms with Crippen LogP contribution in [0.4, 0.5) is 4.39 Å². The molecule has 1 heterocycles. The minimum absolute atomic E-state index is 0.166. The van der Waals surface area contributed by atoms with Crippen LogP contribution in [0.2, 0.25) is 0 Å². The van der Waals surface area contributed by atoms with Gasteiger partial charge in [-0.1, -0.05) is 0 Å². The lowest BCUT2D eigenvalue weighted by molar-refractivity contribution is 0.0594. The van der Waals surface area contributed by atoms with Crippen LogP contribution in [0.25, 0.3) is 0 Å². The van der Waals surface area contributed by atoms with Crippen LogP contribution in [0.1, 0.15) is 10.4 Å². The number of nitrogens with zero attached hydrogens (tertiary/aromatic N) is 1. The molecule has 0 N–H and O–H groups in total. The van der Waals surface area contributed by atoms with E-state index in [2.05, 4.69) is 25.7 Å². The molecule has 0 saturated heterocycles. The zero-order valence-corrected chi connectivity index (χ0v) is 7.76. The fraction of sp³-hybridized carbons (Fsp3) is 0.143. The first-order chi connectivity index (χ1) is 5.65. The number of carbonyl (C=O) groups excluding carboxylic acids is 1. The Morgan fingerprint density at radius 1 is 1.67 bits per heavy atom. The zero-order chi connectivity index (χ0) is 9.14. The van der Waals surface area contributed by atoms with Gasteiger partial charge in [-0.15, -0.1) is 0 Å². The zero-order valence-electron chi connectivity index (χ0n) is 6.17. The molecule has 0 radical (unpaired) electrons. The molecular weight excluding hydrogens is 229 g/mol. The van der Waals surface area contributed by atoms with Crippen LogP contribution in [0.3, 0.4) is 0 Å². The minimum Gasteiger partial charge on any atom is -0.465 e. The normalized spacial score (nSPS) is 9.58. The maximum Gasteiger partial charge on any atom is 0.342 e. The number of esters is 1. The van der Waals surface area contributed by atoms with Crippen molar-refractivity contribution >= 4 is 21.9 Å². The SMILES string of the molecule is COC(=O)c1ccc(Br)nc1F. The van der Waals surface area contributed by atoms with E-state index in [1.54, 1.807) is 0 Å². The second-order valence-electron chi connectivity index (χ2n) is 1.96. The Hall–Kier alpha value is -0.970. The molecule has 0 atom stereocenters. The molecule has 3 nitrogen and oxygen atoms in total. The molecule has 0 fully saturated rings. The summed E-state index contributed by atoms with van der Waals surface area (Å²) in [4.78, 5) is 14.2. The highest BCUT2D eigenvalue weighted by atomic mass is 79.9. The van der Waals surface area contributed by atoms with Crippen molar-refractivity contribution in [2.45, 2.75) is 0 Å². The standard InChI is InChI=1S/C7H5BrFNO2/c1-12-7(11)4-2-3-5(8)10-6(4)9/h2-3H,1H3. The third-order valence-corrected chi connectivity index (χ3v) is 1.66. The smallest absolute Gasteiger partial charge is 0.342 e. The van der Waals surface area contributed by atoms with E-state index >= 15 is 0 Å². The number of hydrogen-bond donors (Lipinski definition) is 0. The van der Waals surface area contributed by atoms with Crippen LogP contribution < -0.4 is 0 Å². The Morgan fingerprint density at radius 2 is 2.33 bits per heavy atom. The summed E-state index contributed by atoms with van der Waals surface area (Å²) in [6.45, 7) is 0. The molecule has 0 spiro atoms. The van der Waals surface area contributed by atoms with Crippen molar-refractivity contribution in [3.8, 4) is 0 Å². The molecule has 0 amide bonds. The number of carbonyl (C=O) groups is 1. The van der Waals surface area contributed by atoms with Crippen LogP contribution in [-0.2, 0) is 4.74 Å². The average Bonchev–Trinajstić information content (AvgIpc) is 2.03. The molecule has 0 saturated carbocycles. The van der Waals surface area contributed by atoms with E-state index in [1.165, 1.54) is 19.2 Å². The van der Waals surface area contributed by atoms with Crippen LogP contribution in [-0.4, -0.2) is 18.1 Å². The van der Waals surface area contributed by atoms with Gasteiger partial charge in [0.2, 0.25) is 5.95 Å². The van der Waals surface area contributed by atoms with E-state index in [9.17, 15) is 9.18 Å². The molecule has 1 rings (SSSR count). The fourth-order valence-corrected chi connectivity index (χ4v) is 0.962. The number of hydrogen-bond acceptors (Lipinski definition) is 3. The average molecular weight is 234 g/mol. The lowest BCUT2D eigenvalue weighted by Crippen LogP contribution is -2.05. The van der Waals surface area contributed by atoms with Gasteiger partial charge in [-0.25, -0.2) is 9.78 Å². The monoisotopic (exact) mass is 233 g/mol. The van der Waals surface area contributed by atoms with Crippen molar-refractivity contribution in [1.82, 2.24) is 4.98 Å². The molecule has 0 aliphatic rings. The van der Waals surface area contributed by atoms with Crippen LogP contribution in [0.15, 0.2) is 16.7 Å². The number of pyridine rings is 1. The lowest BCUT2D eigenvalue weighted by atomic mass is 10.3. The predicted octanol–water partition coefficient (Wildman–Crippen LogP) is 1.77. The van der Waals surface area contributed by atoms with E-state index in [-0.39, 0.29) is 5.56 Å². The first kappa shape index (κ1) is 9.12. The molecule has 0 unspecified atom stereocenters. The van der Waals surface area contributed by atoms with Crippen molar-refractivity contribution in [3.63, 3.8) is 0 Å². The molecule has 1 aromatic heterocycles. The van der Waals surface area contributed by atoms with Gasteiger partial charge in [0.1, 0.15) is 10.2 Å². The molecule has 5 heteroatoms. The highest BCUT2D eigenvalue weighted by molar-refractivity contribution is 9.10. The second-order valence-corrected chi connectivity index (χ2v) is 2.78. The summed E-state index contributed by atoms with van der Waals surface area (Å²) in [5, 5.41) is 0. The van der Waals surface area contributed by atoms with Gasteiger partial charge in [0.25, 0.3) is 0 Å². The Kier molecular flexibility index (Phi) is 2.75. The first-order valence-electron chi connectivity index (χ1n) is 3.05. The molecule has 0 aliphatic carbocycles. The second kappa shape index (κ2) is 3.62. The van der Waals surface area contributed by atoms with E-state index in [4.69, 9.17) is 0 Å². The highest BCUT2D eigenvalue weighted by Crippen LogP contribution is 2.11. The van der Waals surface area contributed by atoms with Gasteiger partial charge >= 0.3 is 5.97 Å². The Balaban J connectivity index is 3.09. The number of aromatic nitrogens is 1. The molecule has 0 aromatic carbocycles. The highest BCUT2D eigenvalue weighted by Gasteiger charge is 2.12. The van der Waals surface area contributed by atoms with Gasteiger partial charge in [0, 0.05) is 0 Å². The van der Waals surface area contributed by atoms with Crippen molar-refractivity contribution in [2.75, 3.05) is 7.11 Å². The number of methoxy groups -OCH3 is 1. The Bertz CT molecular complexity index is 316. The number of rotatable bonds is 1. The van der Waals surface area contributed by atoms with E-state index in [0.29, 0.717) is 4.60 Å². The van der Waals surface area contributed by atoms with Gasteiger partial charge in [0.15, 0.2) is 0 Å². The summed E-state index contributed by atoms with van der Waals surface area (Å²) in [7, 11) is 1.18. The van der Waals surface area contributed by atoms with Crippen molar-refractivity contribution in [3.05, 3.63) is 28.2 Å². The summed E-state index contributed by atoms with van der Waals surface area (Å²) >= 11 is 2.96. The van der Waals surface area contributed by atoms with Gasteiger partial charge in [0.05, 0.1) is 7.11 Å². The van der Waals surface area contributed by atoms with Gasteiger partial charge in [-0.2, -0.15) is 4.39 Å². The molecule has 12 heavy (non-hydrogen) atoms. The fourth-order valence-electron chi connectivity index (χ4n) is 0.674. The summed E-state index contributed by atoms with van der Waals surface area (Å²) in [6, 6.07) is 2.77. The molecule has 0 aliphatic heterocycles. The summed E-state index contributed by atoms with van der Waals surface area (Å²) in [5.74, 6) is -1.57. The number of halogens is 2. The van der Waals surface area contributed by atoms with Gasteiger partial charge in [-0.3, -0.25) is 0 Å². The Morgan fingerprint density at radius 3 is 2.83 bits per heavy atom.